The molecule has 0 atom stereocenters. The molecular formula is C20H20N4O2S. The van der Waals surface area contributed by atoms with E-state index < -0.39 is 0 Å². The van der Waals surface area contributed by atoms with Crippen LogP contribution in [0.1, 0.15) is 10.5 Å². The number of carbonyl (C=O) groups excluding carboxylic acids is 1. The lowest BCUT2D eigenvalue weighted by Gasteiger charge is -2.36. The van der Waals surface area contributed by atoms with Crippen LogP contribution in [0.4, 0.5) is 5.69 Å². The van der Waals surface area contributed by atoms with Crippen molar-refractivity contribution in [2.24, 2.45) is 0 Å². The van der Waals surface area contributed by atoms with E-state index in [0.717, 1.165) is 35.0 Å². The first-order valence-electron chi connectivity index (χ1n) is 8.82. The molecule has 0 aliphatic carbocycles. The van der Waals surface area contributed by atoms with Gasteiger partial charge in [0.05, 0.1) is 12.0 Å². The lowest BCUT2D eigenvalue weighted by atomic mass is 10.1. The number of carbonyl (C=O) groups is 1. The second-order valence-corrected chi connectivity index (χ2v) is 7.05. The molecule has 1 fully saturated rings. The van der Waals surface area contributed by atoms with E-state index in [9.17, 15) is 4.79 Å². The van der Waals surface area contributed by atoms with Gasteiger partial charge in [-0.1, -0.05) is 34.8 Å². The molecule has 1 amide bonds. The van der Waals surface area contributed by atoms with Crippen molar-refractivity contribution in [2.75, 3.05) is 38.2 Å². The van der Waals surface area contributed by atoms with Crippen LogP contribution in [0.3, 0.4) is 0 Å². The average molecular weight is 380 g/mol. The number of amides is 1. The maximum Gasteiger partial charge on any atom is 0.276 e. The monoisotopic (exact) mass is 380 g/mol. The number of methoxy groups -OCH3 is 1. The molecule has 1 saturated heterocycles. The van der Waals surface area contributed by atoms with Gasteiger partial charge >= 0.3 is 0 Å². The zero-order chi connectivity index (χ0) is 18.6. The van der Waals surface area contributed by atoms with E-state index >= 15 is 0 Å². The van der Waals surface area contributed by atoms with E-state index in [0.29, 0.717) is 18.8 Å². The molecule has 4 rings (SSSR count). The maximum absolute atomic E-state index is 13.0. The van der Waals surface area contributed by atoms with E-state index in [1.54, 1.807) is 7.11 Å². The molecule has 6 nitrogen and oxygen atoms in total. The van der Waals surface area contributed by atoms with Crippen LogP contribution in [-0.2, 0) is 0 Å². The van der Waals surface area contributed by atoms with Gasteiger partial charge in [-0.25, -0.2) is 0 Å². The van der Waals surface area contributed by atoms with Gasteiger partial charge in [0.25, 0.3) is 5.91 Å². The number of ether oxygens (including phenoxy) is 1. The minimum absolute atomic E-state index is 0.0445. The molecular weight excluding hydrogens is 360 g/mol. The highest BCUT2D eigenvalue weighted by Gasteiger charge is 2.26. The Labute approximate surface area is 162 Å². The van der Waals surface area contributed by atoms with Crippen LogP contribution in [0, 0.1) is 0 Å². The molecule has 138 valence electrons. The van der Waals surface area contributed by atoms with Gasteiger partial charge in [0.15, 0.2) is 5.69 Å². The number of benzene rings is 2. The van der Waals surface area contributed by atoms with Crippen molar-refractivity contribution in [3.63, 3.8) is 0 Å². The van der Waals surface area contributed by atoms with Crippen LogP contribution in [0.5, 0.6) is 5.75 Å². The molecule has 0 N–H and O–H groups in total. The number of nitrogens with zero attached hydrogens (tertiary/aromatic N) is 4. The van der Waals surface area contributed by atoms with Gasteiger partial charge in [-0.2, -0.15) is 0 Å². The van der Waals surface area contributed by atoms with Crippen molar-refractivity contribution in [3.8, 4) is 16.2 Å². The Bertz CT molecular complexity index is 903. The molecule has 7 heteroatoms. The van der Waals surface area contributed by atoms with Gasteiger partial charge < -0.3 is 14.5 Å². The molecule has 2 heterocycles. The molecule has 27 heavy (non-hydrogen) atoms. The molecule has 0 bridgehead atoms. The fraction of sp³-hybridized carbons (Fsp3) is 0.250. The topological polar surface area (TPSA) is 58.6 Å². The van der Waals surface area contributed by atoms with Crippen LogP contribution in [0.25, 0.3) is 10.4 Å². The number of hydrogen-bond donors (Lipinski definition) is 0. The summed E-state index contributed by atoms with van der Waals surface area (Å²) in [5.41, 5.74) is 2.57. The Morgan fingerprint density at radius 1 is 1.00 bits per heavy atom. The third kappa shape index (κ3) is 3.64. The Kier molecular flexibility index (Phi) is 5.02. The van der Waals surface area contributed by atoms with Gasteiger partial charge in [0.1, 0.15) is 5.75 Å². The second kappa shape index (κ2) is 7.75. The highest BCUT2D eigenvalue weighted by Crippen LogP contribution is 2.27. The zero-order valence-corrected chi connectivity index (χ0v) is 15.9. The van der Waals surface area contributed by atoms with Crippen LogP contribution < -0.4 is 9.64 Å². The van der Waals surface area contributed by atoms with Crippen molar-refractivity contribution in [2.45, 2.75) is 0 Å². The fourth-order valence-electron chi connectivity index (χ4n) is 3.22. The lowest BCUT2D eigenvalue weighted by molar-refractivity contribution is 0.0741. The SMILES string of the molecule is COc1ccc(N2CCN(C(=O)c3nnsc3-c3ccccc3)CC2)cc1. The van der Waals surface area contributed by atoms with E-state index in [-0.39, 0.29) is 5.91 Å². The quantitative estimate of drug-likeness (QED) is 0.696. The van der Waals surface area contributed by atoms with Gasteiger partial charge in [-0.05, 0) is 41.4 Å². The Morgan fingerprint density at radius 3 is 2.37 bits per heavy atom. The Hall–Kier alpha value is -2.93. The summed E-state index contributed by atoms with van der Waals surface area (Å²) < 4.78 is 9.23. The Balaban J connectivity index is 1.44. The largest absolute Gasteiger partial charge is 0.497 e. The molecule has 0 radical (unpaired) electrons. The number of hydrogen-bond acceptors (Lipinski definition) is 6. The first-order chi connectivity index (χ1) is 13.3. The van der Waals surface area contributed by atoms with Crippen LogP contribution in [-0.4, -0.2) is 53.7 Å². The molecule has 2 aromatic carbocycles. The molecule has 0 spiro atoms. The van der Waals surface area contributed by atoms with Crippen molar-refractivity contribution >= 4 is 23.1 Å². The van der Waals surface area contributed by atoms with Crippen LogP contribution >= 0.6 is 11.5 Å². The summed E-state index contributed by atoms with van der Waals surface area (Å²) in [6.45, 7) is 2.90. The zero-order valence-electron chi connectivity index (χ0n) is 15.0. The van der Waals surface area contributed by atoms with Crippen molar-refractivity contribution in [1.29, 1.82) is 0 Å². The normalized spacial score (nSPS) is 14.3. The molecule has 1 aromatic heterocycles. The predicted octanol–water partition coefficient (Wildman–Crippen LogP) is 3.18. The number of piperazine rings is 1. The van der Waals surface area contributed by atoms with E-state index in [2.05, 4.69) is 14.5 Å². The molecule has 0 saturated carbocycles. The van der Waals surface area contributed by atoms with Gasteiger partial charge in [0.2, 0.25) is 0 Å². The standard InChI is InChI=1S/C20H20N4O2S/c1-26-17-9-7-16(8-10-17)23-11-13-24(14-12-23)20(25)18-19(27-22-21-18)15-5-3-2-4-6-15/h2-10H,11-14H2,1H3. The smallest absolute Gasteiger partial charge is 0.276 e. The number of aromatic nitrogens is 2. The first kappa shape index (κ1) is 17.5. The minimum atomic E-state index is -0.0445. The summed E-state index contributed by atoms with van der Waals surface area (Å²) in [5, 5.41) is 4.11. The highest BCUT2D eigenvalue weighted by atomic mass is 32.1. The van der Waals surface area contributed by atoms with Crippen molar-refractivity contribution in [1.82, 2.24) is 14.5 Å². The van der Waals surface area contributed by atoms with E-state index in [4.69, 9.17) is 4.74 Å². The van der Waals surface area contributed by atoms with Gasteiger partial charge in [0, 0.05) is 31.9 Å². The predicted molar refractivity (Wildman–Crippen MR) is 106 cm³/mol. The van der Waals surface area contributed by atoms with Crippen molar-refractivity contribution in [3.05, 3.63) is 60.3 Å². The summed E-state index contributed by atoms with van der Waals surface area (Å²) in [5.74, 6) is 0.800. The van der Waals surface area contributed by atoms with Crippen LogP contribution in [0.2, 0.25) is 0 Å². The van der Waals surface area contributed by atoms with Crippen LogP contribution in [0.15, 0.2) is 54.6 Å². The van der Waals surface area contributed by atoms with Gasteiger partial charge in [-0.3, -0.25) is 4.79 Å². The molecule has 0 unspecified atom stereocenters. The third-order valence-electron chi connectivity index (χ3n) is 4.73. The lowest BCUT2D eigenvalue weighted by Crippen LogP contribution is -2.49. The minimum Gasteiger partial charge on any atom is -0.497 e. The Morgan fingerprint density at radius 2 is 1.70 bits per heavy atom. The highest BCUT2D eigenvalue weighted by molar-refractivity contribution is 7.09. The molecule has 1 aliphatic heterocycles. The number of anilines is 1. The molecule has 1 aliphatic rings. The van der Waals surface area contributed by atoms with E-state index in [1.807, 2.05) is 59.5 Å². The van der Waals surface area contributed by atoms with E-state index in [1.165, 1.54) is 11.5 Å². The average Bonchev–Trinajstić information content (AvgIpc) is 3.24. The van der Waals surface area contributed by atoms with Crippen molar-refractivity contribution < 1.29 is 9.53 Å². The number of rotatable bonds is 4. The maximum atomic E-state index is 13.0. The summed E-state index contributed by atoms with van der Waals surface area (Å²) in [4.78, 5) is 18.0. The fourth-order valence-corrected chi connectivity index (χ4v) is 3.88. The third-order valence-corrected chi connectivity index (χ3v) is 5.51. The summed E-state index contributed by atoms with van der Waals surface area (Å²) in [7, 11) is 1.66. The summed E-state index contributed by atoms with van der Waals surface area (Å²) in [6, 6.07) is 17.8. The van der Waals surface area contributed by atoms with Gasteiger partial charge in [-0.15, -0.1) is 5.10 Å². The summed E-state index contributed by atoms with van der Waals surface area (Å²) >= 11 is 1.26. The second-order valence-electron chi connectivity index (χ2n) is 6.29. The summed E-state index contributed by atoms with van der Waals surface area (Å²) in [6.07, 6.45) is 0. The molecule has 3 aromatic rings. The first-order valence-corrected chi connectivity index (χ1v) is 9.59.